The van der Waals surface area contributed by atoms with Crippen molar-refractivity contribution in [2.24, 2.45) is 0 Å². The van der Waals surface area contributed by atoms with Crippen LogP contribution in [0.1, 0.15) is 11.1 Å². The van der Waals surface area contributed by atoms with Crippen LogP contribution in [0.5, 0.6) is 0 Å². The maximum atomic E-state index is 12.2. The highest BCUT2D eigenvalue weighted by atomic mass is 16.2. The summed E-state index contributed by atoms with van der Waals surface area (Å²) in [6, 6.07) is 9.47. The topological polar surface area (TPSA) is 78.5 Å². The summed E-state index contributed by atoms with van der Waals surface area (Å²) >= 11 is 0. The molecule has 0 aromatic heterocycles. The minimum atomic E-state index is -0.523. The molecule has 0 bridgehead atoms. The number of rotatable bonds is 3. The lowest BCUT2D eigenvalue weighted by Crippen LogP contribution is -2.38. The van der Waals surface area contributed by atoms with Crippen LogP contribution < -0.4 is 10.6 Å². The summed E-state index contributed by atoms with van der Waals surface area (Å²) in [5.74, 6) is -0.764. The number of nitrogens with zero attached hydrogens (tertiary/aromatic N) is 1. The first kappa shape index (κ1) is 13.8. The van der Waals surface area contributed by atoms with Crippen LogP contribution in [0.3, 0.4) is 0 Å². The van der Waals surface area contributed by atoms with Gasteiger partial charge < -0.3 is 10.6 Å². The first-order chi connectivity index (χ1) is 11.1. The van der Waals surface area contributed by atoms with Gasteiger partial charge in [0, 0.05) is 11.1 Å². The van der Waals surface area contributed by atoms with Gasteiger partial charge in [0.15, 0.2) is 0 Å². The highest BCUT2D eigenvalue weighted by Crippen LogP contribution is 2.34. The van der Waals surface area contributed by atoms with Crippen molar-refractivity contribution in [2.75, 3.05) is 18.4 Å². The Kier molecular flexibility index (Phi) is 3.04. The molecule has 1 heterocycles. The molecule has 4 amide bonds. The van der Waals surface area contributed by atoms with E-state index in [1.54, 1.807) is 0 Å². The summed E-state index contributed by atoms with van der Waals surface area (Å²) in [6.07, 6.45) is 2.04. The van der Waals surface area contributed by atoms with Gasteiger partial charge in [-0.05, 0) is 35.4 Å². The highest BCUT2D eigenvalue weighted by Gasteiger charge is 2.30. The van der Waals surface area contributed by atoms with Crippen LogP contribution in [-0.2, 0) is 22.4 Å². The van der Waals surface area contributed by atoms with Gasteiger partial charge in [0.2, 0.25) is 5.91 Å². The molecular formula is C17H15N3O3. The first-order valence-electron chi connectivity index (χ1n) is 7.55. The van der Waals surface area contributed by atoms with Gasteiger partial charge in [-0.3, -0.25) is 14.5 Å². The number of anilines is 1. The molecule has 1 saturated heterocycles. The van der Waals surface area contributed by atoms with E-state index in [0.717, 1.165) is 23.1 Å². The standard InChI is InChI=1S/C17H15N3O3/c21-14(9-20-15(22)8-18-17(20)23)19-13-7-6-11-5-4-10-2-1-3-12(13)16(10)11/h1-3,6-7H,4-5,8-9H2,(H,18,23)(H,19,21). The fourth-order valence-electron chi connectivity index (χ4n) is 3.30. The van der Waals surface area contributed by atoms with E-state index in [2.05, 4.69) is 16.7 Å². The van der Waals surface area contributed by atoms with Crippen LogP contribution >= 0.6 is 0 Å². The number of urea groups is 1. The molecule has 2 N–H and O–H groups in total. The monoisotopic (exact) mass is 309 g/mol. The number of carbonyl (C=O) groups excluding carboxylic acids is 3. The molecule has 4 rings (SSSR count). The molecule has 2 aromatic rings. The molecule has 6 nitrogen and oxygen atoms in total. The predicted molar refractivity (Wildman–Crippen MR) is 85.1 cm³/mol. The molecule has 2 aromatic carbocycles. The average molecular weight is 309 g/mol. The lowest BCUT2D eigenvalue weighted by atomic mass is 10.0. The third kappa shape index (κ3) is 2.23. The van der Waals surface area contributed by atoms with Gasteiger partial charge in [-0.15, -0.1) is 0 Å². The molecule has 0 spiro atoms. The smallest absolute Gasteiger partial charge is 0.325 e. The molecular weight excluding hydrogens is 294 g/mol. The molecule has 0 saturated carbocycles. The van der Waals surface area contributed by atoms with Crippen LogP contribution in [0.4, 0.5) is 10.5 Å². The van der Waals surface area contributed by atoms with E-state index < -0.39 is 6.03 Å². The zero-order valence-corrected chi connectivity index (χ0v) is 12.4. The Labute approximate surface area is 132 Å². The molecule has 1 aliphatic carbocycles. The van der Waals surface area contributed by atoms with Crippen molar-refractivity contribution < 1.29 is 14.4 Å². The minimum Gasteiger partial charge on any atom is -0.329 e. The quantitative estimate of drug-likeness (QED) is 0.842. The molecule has 2 aliphatic rings. The van der Waals surface area contributed by atoms with Crippen LogP contribution in [0.15, 0.2) is 30.3 Å². The van der Waals surface area contributed by atoms with Crippen molar-refractivity contribution in [1.29, 1.82) is 0 Å². The van der Waals surface area contributed by atoms with E-state index in [1.165, 1.54) is 16.5 Å². The van der Waals surface area contributed by atoms with Crippen LogP contribution in [-0.4, -0.2) is 35.8 Å². The molecule has 0 unspecified atom stereocenters. The van der Waals surface area contributed by atoms with E-state index in [4.69, 9.17) is 0 Å². The van der Waals surface area contributed by atoms with E-state index in [9.17, 15) is 14.4 Å². The minimum absolute atomic E-state index is 0.0485. The van der Waals surface area contributed by atoms with E-state index in [1.807, 2.05) is 24.3 Å². The van der Waals surface area contributed by atoms with Crippen molar-refractivity contribution >= 4 is 34.3 Å². The number of hydrogen-bond acceptors (Lipinski definition) is 3. The van der Waals surface area contributed by atoms with E-state index in [0.29, 0.717) is 5.69 Å². The molecule has 0 atom stereocenters. The van der Waals surface area contributed by atoms with Crippen molar-refractivity contribution in [2.45, 2.75) is 12.8 Å². The van der Waals surface area contributed by atoms with Crippen LogP contribution in [0.2, 0.25) is 0 Å². The van der Waals surface area contributed by atoms with Gasteiger partial charge in [-0.2, -0.15) is 0 Å². The Hall–Kier alpha value is -2.89. The zero-order valence-electron chi connectivity index (χ0n) is 12.4. The Morgan fingerprint density at radius 2 is 1.91 bits per heavy atom. The highest BCUT2D eigenvalue weighted by molar-refractivity contribution is 6.09. The second kappa shape index (κ2) is 5.08. The lowest BCUT2D eigenvalue weighted by Gasteiger charge is -2.14. The number of imide groups is 1. The molecule has 23 heavy (non-hydrogen) atoms. The summed E-state index contributed by atoms with van der Waals surface area (Å²) in [5.41, 5.74) is 3.30. The first-order valence-corrected chi connectivity index (χ1v) is 7.55. The Morgan fingerprint density at radius 3 is 2.65 bits per heavy atom. The SMILES string of the molecule is O=C(CN1C(=O)CNC1=O)Nc1ccc2c3c(cccc13)CC2. The largest absolute Gasteiger partial charge is 0.329 e. The number of aryl methyl sites for hydroxylation is 2. The second-order valence-corrected chi connectivity index (χ2v) is 5.80. The number of nitrogens with one attached hydrogen (secondary N) is 2. The number of carbonyl (C=O) groups is 3. The van der Waals surface area contributed by atoms with Gasteiger partial charge in [0.05, 0.1) is 6.54 Å². The Bertz CT molecular complexity index is 833. The molecule has 1 aliphatic heterocycles. The summed E-state index contributed by atoms with van der Waals surface area (Å²) in [4.78, 5) is 36.2. The van der Waals surface area contributed by atoms with Gasteiger partial charge in [-0.25, -0.2) is 4.79 Å². The van der Waals surface area contributed by atoms with Crippen molar-refractivity contribution in [3.05, 3.63) is 41.5 Å². The van der Waals surface area contributed by atoms with E-state index in [-0.39, 0.29) is 24.9 Å². The Balaban J connectivity index is 1.60. The van der Waals surface area contributed by atoms with Gasteiger partial charge >= 0.3 is 6.03 Å². The summed E-state index contributed by atoms with van der Waals surface area (Å²) < 4.78 is 0. The maximum Gasteiger partial charge on any atom is 0.325 e. The number of amides is 4. The summed E-state index contributed by atoms with van der Waals surface area (Å²) in [7, 11) is 0. The fraction of sp³-hybridized carbons (Fsp3) is 0.235. The number of benzene rings is 2. The fourth-order valence-corrected chi connectivity index (χ4v) is 3.30. The molecule has 1 fully saturated rings. The van der Waals surface area contributed by atoms with Crippen LogP contribution in [0, 0.1) is 0 Å². The zero-order chi connectivity index (χ0) is 16.0. The van der Waals surface area contributed by atoms with Gasteiger partial charge in [0.25, 0.3) is 5.91 Å². The normalized spacial score (nSPS) is 16.1. The predicted octanol–water partition coefficient (Wildman–Crippen LogP) is 1.43. The Morgan fingerprint density at radius 1 is 1.13 bits per heavy atom. The maximum absolute atomic E-state index is 12.2. The average Bonchev–Trinajstić information content (AvgIpc) is 3.10. The van der Waals surface area contributed by atoms with E-state index >= 15 is 0 Å². The van der Waals surface area contributed by atoms with Gasteiger partial charge in [-0.1, -0.05) is 24.3 Å². The third-order valence-corrected chi connectivity index (χ3v) is 4.39. The van der Waals surface area contributed by atoms with Crippen molar-refractivity contribution in [3.63, 3.8) is 0 Å². The molecule has 116 valence electrons. The van der Waals surface area contributed by atoms with Crippen molar-refractivity contribution in [1.82, 2.24) is 10.2 Å². The van der Waals surface area contributed by atoms with Gasteiger partial charge in [0.1, 0.15) is 6.54 Å². The second-order valence-electron chi connectivity index (χ2n) is 5.80. The third-order valence-electron chi connectivity index (χ3n) is 4.39. The molecule has 6 heteroatoms. The lowest BCUT2D eigenvalue weighted by molar-refractivity contribution is -0.128. The summed E-state index contributed by atoms with van der Waals surface area (Å²) in [6.45, 7) is -0.319. The van der Waals surface area contributed by atoms with Crippen molar-refractivity contribution in [3.8, 4) is 0 Å². The number of hydrogen-bond donors (Lipinski definition) is 2. The van der Waals surface area contributed by atoms with Crippen LogP contribution in [0.25, 0.3) is 10.8 Å². The summed E-state index contributed by atoms with van der Waals surface area (Å²) in [5, 5.41) is 7.43. The molecule has 0 radical (unpaired) electrons.